The molecule has 0 unspecified atom stereocenters. The van der Waals surface area contributed by atoms with E-state index in [1.54, 1.807) is 0 Å². The molecule has 1 aliphatic carbocycles. The van der Waals surface area contributed by atoms with Crippen LogP contribution in [0.3, 0.4) is 0 Å². The van der Waals surface area contributed by atoms with Crippen molar-refractivity contribution in [1.82, 2.24) is 0 Å². The summed E-state index contributed by atoms with van der Waals surface area (Å²) in [6, 6.07) is 0. The molecule has 1 aliphatic heterocycles. The lowest BCUT2D eigenvalue weighted by Crippen LogP contribution is -2.47. The summed E-state index contributed by atoms with van der Waals surface area (Å²) in [7, 11) is 0. The van der Waals surface area contributed by atoms with Gasteiger partial charge in [0.15, 0.2) is 12.2 Å². The summed E-state index contributed by atoms with van der Waals surface area (Å²) in [6.07, 6.45) is 8.74. The highest BCUT2D eigenvalue weighted by Crippen LogP contribution is 2.47. The van der Waals surface area contributed by atoms with E-state index in [0.29, 0.717) is 0 Å². The lowest BCUT2D eigenvalue weighted by Gasteiger charge is -2.32. The van der Waals surface area contributed by atoms with Crippen LogP contribution in [0.15, 0.2) is 34.9 Å². The van der Waals surface area contributed by atoms with Gasteiger partial charge in [-0.1, -0.05) is 43.2 Å². The van der Waals surface area contributed by atoms with Gasteiger partial charge in [-0.25, -0.2) is 0 Å². The molecule has 0 spiro atoms. The number of carbonyl (C=O) groups is 2. The monoisotopic (exact) mass is 404 g/mol. The number of carbonyl (C=O) groups excluding carboxylic acids is 2. The Balaban J connectivity index is 2.53. The van der Waals surface area contributed by atoms with Gasteiger partial charge in [0.2, 0.25) is 0 Å². The molecule has 4 atom stereocenters. The maximum absolute atomic E-state index is 12.0. The van der Waals surface area contributed by atoms with E-state index < -0.39 is 29.7 Å². The Hall–Kier alpha value is -1.88. The van der Waals surface area contributed by atoms with Gasteiger partial charge in [0.1, 0.15) is 5.60 Å². The molecule has 1 fully saturated rings. The normalized spacial score (nSPS) is 36.3. The minimum Gasteiger partial charge on any atom is -0.455 e. The van der Waals surface area contributed by atoms with Gasteiger partial charge in [-0.15, -0.1) is 0 Å². The zero-order valence-electron chi connectivity index (χ0n) is 18.9. The molecular formula is C24H36O5. The van der Waals surface area contributed by atoms with Crippen molar-refractivity contribution >= 4 is 11.9 Å². The fourth-order valence-corrected chi connectivity index (χ4v) is 3.95. The Morgan fingerprint density at radius 1 is 1.07 bits per heavy atom. The van der Waals surface area contributed by atoms with Gasteiger partial charge in [-0.2, -0.15) is 0 Å². The van der Waals surface area contributed by atoms with E-state index >= 15 is 0 Å². The number of fused-ring (bicyclic) bond motifs is 1. The van der Waals surface area contributed by atoms with Gasteiger partial charge < -0.3 is 14.2 Å². The van der Waals surface area contributed by atoms with Gasteiger partial charge in [0.05, 0.1) is 6.10 Å². The highest BCUT2D eigenvalue weighted by atomic mass is 16.7. The van der Waals surface area contributed by atoms with Crippen molar-refractivity contribution in [2.75, 3.05) is 0 Å². The average molecular weight is 405 g/mol. The van der Waals surface area contributed by atoms with Crippen LogP contribution in [0.4, 0.5) is 0 Å². The molecule has 0 N–H and O–H groups in total. The highest BCUT2D eigenvalue weighted by molar-refractivity contribution is 5.68. The molecule has 2 aliphatic rings. The second-order valence-electron chi connectivity index (χ2n) is 8.81. The van der Waals surface area contributed by atoms with Crippen LogP contribution in [0, 0.1) is 5.92 Å². The topological polar surface area (TPSA) is 65.1 Å². The van der Waals surface area contributed by atoms with Crippen LogP contribution in [0.1, 0.15) is 74.1 Å². The van der Waals surface area contributed by atoms with Gasteiger partial charge in [-0.05, 0) is 57.9 Å². The molecule has 0 saturated carbocycles. The summed E-state index contributed by atoms with van der Waals surface area (Å²) in [5.74, 6) is -0.702. The number of esters is 2. The number of hydrogen-bond acceptors (Lipinski definition) is 5. The van der Waals surface area contributed by atoms with Gasteiger partial charge >= 0.3 is 11.9 Å². The quantitative estimate of drug-likeness (QED) is 0.374. The van der Waals surface area contributed by atoms with Gasteiger partial charge in [-0.3, -0.25) is 9.59 Å². The van der Waals surface area contributed by atoms with Crippen molar-refractivity contribution in [3.63, 3.8) is 0 Å². The molecule has 1 saturated heterocycles. The summed E-state index contributed by atoms with van der Waals surface area (Å²) in [4.78, 5) is 23.9. The Kier molecular flexibility index (Phi) is 7.87. The molecule has 29 heavy (non-hydrogen) atoms. The van der Waals surface area contributed by atoms with Crippen molar-refractivity contribution in [3.05, 3.63) is 34.9 Å². The van der Waals surface area contributed by atoms with Crippen LogP contribution in [0.2, 0.25) is 0 Å². The van der Waals surface area contributed by atoms with Crippen molar-refractivity contribution in [3.8, 4) is 0 Å². The smallest absolute Gasteiger partial charge is 0.303 e. The third-order valence-electron chi connectivity index (χ3n) is 5.79. The van der Waals surface area contributed by atoms with E-state index in [-0.39, 0.29) is 12.0 Å². The summed E-state index contributed by atoms with van der Waals surface area (Å²) < 4.78 is 17.6. The Labute approximate surface area is 175 Å². The minimum absolute atomic E-state index is 0.0399. The molecule has 0 bridgehead atoms. The predicted octanol–water partition coefficient (Wildman–Crippen LogP) is 5.06. The third kappa shape index (κ3) is 6.30. The molecule has 0 aromatic carbocycles. The lowest BCUT2D eigenvalue weighted by atomic mass is 9.85. The van der Waals surface area contributed by atoms with Crippen LogP contribution in [-0.2, 0) is 23.8 Å². The van der Waals surface area contributed by atoms with E-state index in [1.807, 2.05) is 13.0 Å². The third-order valence-corrected chi connectivity index (χ3v) is 5.79. The molecule has 1 heterocycles. The number of epoxide rings is 1. The summed E-state index contributed by atoms with van der Waals surface area (Å²) in [5, 5.41) is 0. The van der Waals surface area contributed by atoms with Crippen LogP contribution < -0.4 is 0 Å². The lowest BCUT2D eigenvalue weighted by molar-refractivity contribution is -0.167. The first-order valence-corrected chi connectivity index (χ1v) is 10.6. The molecular weight excluding hydrogens is 368 g/mol. The van der Waals surface area contributed by atoms with Crippen molar-refractivity contribution in [1.29, 1.82) is 0 Å². The number of rotatable bonds is 3. The van der Waals surface area contributed by atoms with E-state index in [9.17, 15) is 9.59 Å². The van der Waals surface area contributed by atoms with Crippen LogP contribution in [0.5, 0.6) is 0 Å². The first-order valence-electron chi connectivity index (χ1n) is 10.6. The van der Waals surface area contributed by atoms with Crippen LogP contribution in [0.25, 0.3) is 0 Å². The second kappa shape index (κ2) is 9.75. The predicted molar refractivity (Wildman–Crippen MR) is 113 cm³/mol. The number of allylic oxidation sites excluding steroid dienone is 5. The molecule has 2 rings (SSSR count). The minimum atomic E-state index is -0.691. The summed E-state index contributed by atoms with van der Waals surface area (Å²) >= 11 is 0. The first kappa shape index (κ1) is 23.4. The largest absolute Gasteiger partial charge is 0.455 e. The summed E-state index contributed by atoms with van der Waals surface area (Å²) in [5.41, 5.74) is 2.83. The molecule has 5 heteroatoms. The molecule has 0 aromatic rings. The van der Waals surface area contributed by atoms with Crippen molar-refractivity contribution in [2.24, 2.45) is 5.92 Å². The van der Waals surface area contributed by atoms with Gasteiger partial charge in [0, 0.05) is 13.8 Å². The first-order chi connectivity index (χ1) is 13.5. The summed E-state index contributed by atoms with van der Waals surface area (Å²) in [6.45, 7) is 13.1. The van der Waals surface area contributed by atoms with Gasteiger partial charge in [0.25, 0.3) is 0 Å². The van der Waals surface area contributed by atoms with Crippen molar-refractivity contribution in [2.45, 2.75) is 98.1 Å². The molecule has 0 amide bonds. The van der Waals surface area contributed by atoms with Crippen LogP contribution in [-0.4, -0.2) is 35.9 Å². The van der Waals surface area contributed by atoms with E-state index in [2.05, 4.69) is 39.8 Å². The number of ether oxygens (including phenoxy) is 3. The van der Waals surface area contributed by atoms with Crippen molar-refractivity contribution < 1.29 is 23.8 Å². The van der Waals surface area contributed by atoms with E-state index in [1.165, 1.54) is 25.0 Å². The average Bonchev–Trinajstić information content (AvgIpc) is 3.27. The Bertz CT molecular complexity index is 715. The zero-order valence-corrected chi connectivity index (χ0v) is 18.9. The molecule has 0 aromatic heterocycles. The van der Waals surface area contributed by atoms with Crippen LogP contribution >= 0.6 is 0 Å². The molecule has 162 valence electrons. The van der Waals surface area contributed by atoms with E-state index in [0.717, 1.165) is 31.3 Å². The van der Waals surface area contributed by atoms with E-state index in [4.69, 9.17) is 14.2 Å². The second-order valence-corrected chi connectivity index (χ2v) is 8.81. The standard InChI is InChI=1S/C24H36O5/c1-15(2)20-13-11-16(3)9-8-10-17(4)12-14-21-24(7,29-21)23(28-19(6)26)22(20)27-18(5)25/h10-11,13,15,21-23H,8-9,12,14H2,1-7H3/b16-11-,17-10-,20-13-/t21-,22+,23-,24-/m0/s1. The Morgan fingerprint density at radius 3 is 2.31 bits per heavy atom. The maximum Gasteiger partial charge on any atom is 0.303 e. The number of hydrogen-bond donors (Lipinski definition) is 0. The maximum atomic E-state index is 12.0. The molecule has 0 radical (unpaired) electrons. The molecule has 5 nitrogen and oxygen atoms in total. The Morgan fingerprint density at radius 2 is 1.72 bits per heavy atom. The SMILES string of the molecule is CC(=O)O[C@@H]1/C(C(C)C)=C\C=C(\C)CC/C=C(/C)CC[C@@H]2O[C@]2(C)[C@H]1OC(C)=O. The fraction of sp³-hybridized carbons (Fsp3) is 0.667. The zero-order chi connectivity index (χ0) is 21.8. The highest BCUT2D eigenvalue weighted by Gasteiger charge is 2.62. The fourth-order valence-electron chi connectivity index (χ4n) is 3.95.